The number of oxazole rings is 1. The molecule has 0 aliphatic rings. The van der Waals surface area contributed by atoms with E-state index >= 15 is 0 Å². The Labute approximate surface area is 190 Å². The van der Waals surface area contributed by atoms with Crippen molar-refractivity contribution in [2.24, 2.45) is 0 Å². The van der Waals surface area contributed by atoms with Crippen LogP contribution in [-0.2, 0) is 9.84 Å². The number of benzene rings is 3. The fourth-order valence-corrected chi connectivity index (χ4v) is 4.68. The van der Waals surface area contributed by atoms with Crippen LogP contribution in [0.4, 0.5) is 5.88 Å². The van der Waals surface area contributed by atoms with Crippen LogP contribution in [0.1, 0.15) is 18.5 Å². The van der Waals surface area contributed by atoms with Crippen molar-refractivity contribution in [3.8, 4) is 11.5 Å². The number of hydrogen-bond acceptors (Lipinski definition) is 5. The van der Waals surface area contributed by atoms with E-state index in [1.807, 2.05) is 37.3 Å². The Morgan fingerprint density at radius 2 is 1.55 bits per heavy atom. The van der Waals surface area contributed by atoms with E-state index in [9.17, 15) is 8.42 Å². The van der Waals surface area contributed by atoms with Gasteiger partial charge in [0.1, 0.15) is 0 Å². The lowest BCUT2D eigenvalue weighted by Crippen LogP contribution is -2.10. The first-order valence-electron chi connectivity index (χ1n) is 9.44. The highest BCUT2D eigenvalue weighted by molar-refractivity contribution is 7.91. The topological polar surface area (TPSA) is 72.2 Å². The van der Waals surface area contributed by atoms with Gasteiger partial charge in [0.2, 0.25) is 26.6 Å². The molecule has 0 saturated carbocycles. The van der Waals surface area contributed by atoms with Gasteiger partial charge < -0.3 is 9.73 Å². The maximum atomic E-state index is 13.4. The summed E-state index contributed by atoms with van der Waals surface area (Å²) in [6.45, 7) is 1.91. The van der Waals surface area contributed by atoms with Gasteiger partial charge in [-0.05, 0) is 48.9 Å². The van der Waals surface area contributed by atoms with Crippen molar-refractivity contribution in [1.82, 2.24) is 4.98 Å². The zero-order valence-electron chi connectivity index (χ0n) is 16.4. The average Bonchev–Trinajstić information content (AvgIpc) is 3.19. The maximum Gasteiger partial charge on any atom is 0.234 e. The first-order chi connectivity index (χ1) is 14.9. The SMILES string of the molecule is CC(Nc1oc(-c2ccccc2Cl)nc1S(=O)(=O)c1ccc(Cl)cc1)c1ccccc1. The Kier molecular flexibility index (Phi) is 6.05. The van der Waals surface area contributed by atoms with Gasteiger partial charge in [0.25, 0.3) is 0 Å². The third-order valence-corrected chi connectivity index (χ3v) is 6.99. The summed E-state index contributed by atoms with van der Waals surface area (Å²) in [5, 5.41) is 3.77. The summed E-state index contributed by atoms with van der Waals surface area (Å²) >= 11 is 12.2. The van der Waals surface area contributed by atoms with Gasteiger partial charge >= 0.3 is 0 Å². The first kappa shape index (κ1) is 21.4. The molecular weight excluding hydrogens is 455 g/mol. The molecule has 4 aromatic rings. The second-order valence-corrected chi connectivity index (χ2v) is 9.58. The van der Waals surface area contributed by atoms with E-state index in [0.29, 0.717) is 15.6 Å². The second kappa shape index (κ2) is 8.75. The van der Waals surface area contributed by atoms with E-state index in [0.717, 1.165) is 5.56 Å². The van der Waals surface area contributed by atoms with Gasteiger partial charge in [-0.25, -0.2) is 8.42 Å². The minimum absolute atomic E-state index is 0.0428. The van der Waals surface area contributed by atoms with Crippen molar-refractivity contribution >= 4 is 38.9 Å². The Hall–Kier alpha value is -2.80. The number of hydrogen-bond donors (Lipinski definition) is 1. The zero-order chi connectivity index (χ0) is 22.0. The molecule has 0 spiro atoms. The van der Waals surface area contributed by atoms with Crippen LogP contribution in [0.5, 0.6) is 0 Å². The van der Waals surface area contributed by atoms with Gasteiger partial charge in [-0.1, -0.05) is 65.7 Å². The molecule has 0 saturated heterocycles. The summed E-state index contributed by atoms with van der Waals surface area (Å²) in [6, 6.07) is 22.3. The smallest absolute Gasteiger partial charge is 0.234 e. The molecule has 1 heterocycles. The number of nitrogens with zero attached hydrogens (tertiary/aromatic N) is 1. The van der Waals surface area contributed by atoms with Gasteiger partial charge in [0.05, 0.1) is 21.5 Å². The van der Waals surface area contributed by atoms with E-state index in [2.05, 4.69) is 10.3 Å². The summed E-state index contributed by atoms with van der Waals surface area (Å²) in [6.07, 6.45) is 0. The summed E-state index contributed by atoms with van der Waals surface area (Å²) in [7, 11) is -3.98. The second-order valence-electron chi connectivity index (χ2n) is 6.87. The standard InChI is InChI=1S/C23H18Cl2N2O3S/c1-15(16-7-3-2-4-8-16)26-22-23(31(28,29)18-13-11-17(24)12-14-18)27-21(30-22)19-9-5-6-10-20(19)25/h2-15,26H,1H3. The van der Waals surface area contributed by atoms with Crippen LogP contribution in [0.3, 0.4) is 0 Å². The lowest BCUT2D eigenvalue weighted by molar-refractivity contribution is 0.570. The van der Waals surface area contributed by atoms with Gasteiger partial charge in [0.15, 0.2) is 0 Å². The van der Waals surface area contributed by atoms with Crippen LogP contribution in [0.2, 0.25) is 10.0 Å². The molecule has 1 unspecified atom stereocenters. The highest BCUT2D eigenvalue weighted by Crippen LogP contribution is 2.36. The monoisotopic (exact) mass is 472 g/mol. The van der Waals surface area contributed by atoms with E-state index in [-0.39, 0.29) is 27.7 Å². The summed E-state index contributed by atoms with van der Waals surface area (Å²) in [5.74, 6) is 0.155. The van der Waals surface area contributed by atoms with E-state index in [4.69, 9.17) is 27.6 Å². The third-order valence-electron chi connectivity index (χ3n) is 4.73. The molecule has 31 heavy (non-hydrogen) atoms. The molecule has 1 N–H and O–H groups in total. The van der Waals surface area contributed by atoms with Crippen molar-refractivity contribution in [3.05, 3.63) is 94.5 Å². The quantitative estimate of drug-likeness (QED) is 0.339. The predicted octanol–water partition coefficient (Wildman–Crippen LogP) is 6.65. The number of aromatic nitrogens is 1. The fraction of sp³-hybridized carbons (Fsp3) is 0.0870. The maximum absolute atomic E-state index is 13.4. The molecule has 4 rings (SSSR count). The Bertz CT molecular complexity index is 1300. The molecule has 8 heteroatoms. The molecule has 0 bridgehead atoms. The molecule has 158 valence electrons. The number of nitrogens with one attached hydrogen (secondary N) is 1. The molecule has 0 radical (unpaired) electrons. The first-order valence-corrected chi connectivity index (χ1v) is 11.7. The van der Waals surface area contributed by atoms with Crippen molar-refractivity contribution in [1.29, 1.82) is 0 Å². The number of sulfone groups is 1. The minimum atomic E-state index is -3.98. The normalized spacial score (nSPS) is 12.5. The lowest BCUT2D eigenvalue weighted by Gasteiger charge is -2.14. The average molecular weight is 473 g/mol. The van der Waals surface area contributed by atoms with Crippen LogP contribution in [0.15, 0.2) is 93.2 Å². The molecule has 0 aliphatic carbocycles. The molecular formula is C23H18Cl2N2O3S. The third kappa shape index (κ3) is 4.46. The van der Waals surface area contributed by atoms with Crippen molar-refractivity contribution in [2.75, 3.05) is 5.32 Å². The number of anilines is 1. The van der Waals surface area contributed by atoms with Gasteiger partial charge in [-0.2, -0.15) is 4.98 Å². The molecule has 0 amide bonds. The van der Waals surface area contributed by atoms with Crippen LogP contribution < -0.4 is 5.32 Å². The number of rotatable bonds is 6. The molecule has 5 nitrogen and oxygen atoms in total. The molecule has 1 atom stereocenters. The highest BCUT2D eigenvalue weighted by Gasteiger charge is 2.30. The van der Waals surface area contributed by atoms with E-state index in [1.54, 1.807) is 24.3 Å². The fourth-order valence-electron chi connectivity index (χ4n) is 3.08. The zero-order valence-corrected chi connectivity index (χ0v) is 18.7. The van der Waals surface area contributed by atoms with E-state index in [1.165, 1.54) is 24.3 Å². The van der Waals surface area contributed by atoms with Crippen LogP contribution in [-0.4, -0.2) is 13.4 Å². The Morgan fingerprint density at radius 1 is 0.903 bits per heavy atom. The van der Waals surface area contributed by atoms with Gasteiger partial charge in [0, 0.05) is 5.02 Å². The Balaban J connectivity index is 1.82. The molecule has 1 aromatic heterocycles. The van der Waals surface area contributed by atoms with Gasteiger partial charge in [-0.3, -0.25) is 0 Å². The summed E-state index contributed by atoms with van der Waals surface area (Å²) < 4.78 is 32.6. The van der Waals surface area contributed by atoms with Crippen molar-refractivity contribution in [3.63, 3.8) is 0 Å². The van der Waals surface area contributed by atoms with Crippen molar-refractivity contribution in [2.45, 2.75) is 22.9 Å². The predicted molar refractivity (Wildman–Crippen MR) is 122 cm³/mol. The summed E-state index contributed by atoms with van der Waals surface area (Å²) in [4.78, 5) is 4.39. The number of halogens is 2. The Morgan fingerprint density at radius 3 is 2.23 bits per heavy atom. The van der Waals surface area contributed by atoms with Crippen LogP contribution >= 0.6 is 23.2 Å². The largest absolute Gasteiger partial charge is 0.419 e. The van der Waals surface area contributed by atoms with Crippen LogP contribution in [0.25, 0.3) is 11.5 Å². The minimum Gasteiger partial charge on any atom is -0.419 e. The molecule has 0 fully saturated rings. The molecule has 0 aliphatic heterocycles. The molecule has 3 aromatic carbocycles. The van der Waals surface area contributed by atoms with Crippen LogP contribution in [0, 0.1) is 0 Å². The highest BCUT2D eigenvalue weighted by atomic mass is 35.5. The van der Waals surface area contributed by atoms with Gasteiger partial charge in [-0.15, -0.1) is 0 Å². The summed E-state index contributed by atoms with van der Waals surface area (Å²) in [5.41, 5.74) is 1.46. The van der Waals surface area contributed by atoms with Crippen molar-refractivity contribution < 1.29 is 12.8 Å². The van der Waals surface area contributed by atoms with E-state index < -0.39 is 9.84 Å². The lowest BCUT2D eigenvalue weighted by atomic mass is 10.1.